The summed E-state index contributed by atoms with van der Waals surface area (Å²) in [4.78, 5) is 12.2. The van der Waals surface area contributed by atoms with E-state index in [2.05, 4.69) is 20.6 Å². The summed E-state index contributed by atoms with van der Waals surface area (Å²) >= 11 is 0. The molecule has 0 unspecified atom stereocenters. The molecular weight excluding hydrogens is 422 g/mol. The van der Waals surface area contributed by atoms with E-state index in [4.69, 9.17) is 14.2 Å². The van der Waals surface area contributed by atoms with Crippen LogP contribution in [0.3, 0.4) is 0 Å². The number of rotatable bonds is 9. The van der Waals surface area contributed by atoms with E-state index >= 15 is 0 Å². The van der Waals surface area contributed by atoms with Gasteiger partial charge in [-0.1, -0.05) is 24.3 Å². The quantitative estimate of drug-likeness (QED) is 0.394. The molecular formula is C24H25N5O4. The summed E-state index contributed by atoms with van der Waals surface area (Å²) in [7, 11) is 3.18. The second-order valence-corrected chi connectivity index (χ2v) is 7.33. The molecule has 4 rings (SSSR count). The predicted octanol–water partition coefficient (Wildman–Crippen LogP) is 2.85. The van der Waals surface area contributed by atoms with Crippen molar-refractivity contribution in [2.45, 2.75) is 13.3 Å². The lowest BCUT2D eigenvalue weighted by molar-refractivity contribution is -0.120. The minimum absolute atomic E-state index is 0.0532. The number of benzene rings is 2. The molecule has 1 amide bonds. The number of aromatic nitrogens is 4. The maximum absolute atomic E-state index is 12.2. The summed E-state index contributed by atoms with van der Waals surface area (Å²) in [6.45, 7) is 2.63. The zero-order valence-electron chi connectivity index (χ0n) is 18.7. The maximum Gasteiger partial charge on any atom is 0.231 e. The first kappa shape index (κ1) is 22.1. The number of nitrogens with zero attached hydrogens (tertiary/aromatic N) is 4. The number of carbonyl (C=O) groups excluding carboxylic acids is 1. The lowest BCUT2D eigenvalue weighted by Crippen LogP contribution is -2.29. The zero-order chi connectivity index (χ0) is 23.2. The number of aryl methyl sites for hydroxylation is 1. The second kappa shape index (κ2) is 9.99. The molecule has 9 nitrogen and oxygen atoms in total. The summed E-state index contributed by atoms with van der Waals surface area (Å²) in [5.41, 5.74) is 3.36. The van der Waals surface area contributed by atoms with Crippen molar-refractivity contribution in [3.63, 3.8) is 0 Å². The topological polar surface area (TPSA) is 99.9 Å². The van der Waals surface area contributed by atoms with E-state index in [1.807, 2.05) is 37.3 Å². The Morgan fingerprint density at radius 2 is 1.88 bits per heavy atom. The fraction of sp³-hybridized carbons (Fsp3) is 0.250. The highest BCUT2D eigenvalue weighted by atomic mass is 16.5. The molecule has 9 heteroatoms. The third kappa shape index (κ3) is 5.03. The average molecular weight is 447 g/mol. The number of carbonyl (C=O) groups is 1. The van der Waals surface area contributed by atoms with Gasteiger partial charge < -0.3 is 19.5 Å². The lowest BCUT2D eigenvalue weighted by atomic mass is 10.1. The van der Waals surface area contributed by atoms with E-state index in [1.54, 1.807) is 43.0 Å². The van der Waals surface area contributed by atoms with Gasteiger partial charge in [0.15, 0.2) is 11.5 Å². The summed E-state index contributed by atoms with van der Waals surface area (Å²) in [6, 6.07) is 16.7. The maximum atomic E-state index is 12.2. The van der Waals surface area contributed by atoms with Crippen LogP contribution < -0.4 is 19.5 Å². The minimum Gasteiger partial charge on any atom is -0.497 e. The Morgan fingerprint density at radius 1 is 1.03 bits per heavy atom. The Morgan fingerprint density at radius 3 is 2.67 bits per heavy atom. The molecule has 2 aromatic heterocycles. The smallest absolute Gasteiger partial charge is 0.231 e. The Kier molecular flexibility index (Phi) is 6.68. The number of ether oxygens (including phenoxy) is 3. The van der Waals surface area contributed by atoms with Crippen LogP contribution >= 0.6 is 0 Å². The second-order valence-electron chi connectivity index (χ2n) is 7.33. The van der Waals surface area contributed by atoms with E-state index < -0.39 is 0 Å². The van der Waals surface area contributed by atoms with Crippen LogP contribution in [0.5, 0.6) is 17.4 Å². The Labute approximate surface area is 191 Å². The summed E-state index contributed by atoms with van der Waals surface area (Å²) < 4.78 is 18.1. The molecule has 4 aromatic rings. The van der Waals surface area contributed by atoms with Crippen molar-refractivity contribution in [1.29, 1.82) is 0 Å². The molecule has 0 aliphatic carbocycles. The van der Waals surface area contributed by atoms with Crippen molar-refractivity contribution in [2.75, 3.05) is 27.4 Å². The van der Waals surface area contributed by atoms with E-state index in [1.165, 1.54) is 0 Å². The van der Waals surface area contributed by atoms with E-state index in [9.17, 15) is 4.79 Å². The van der Waals surface area contributed by atoms with Crippen molar-refractivity contribution in [3.05, 3.63) is 65.7 Å². The van der Waals surface area contributed by atoms with Gasteiger partial charge in [-0.15, -0.1) is 15.3 Å². The molecule has 0 spiro atoms. The monoisotopic (exact) mass is 447 g/mol. The van der Waals surface area contributed by atoms with Gasteiger partial charge in [0.1, 0.15) is 18.1 Å². The first-order valence-corrected chi connectivity index (χ1v) is 10.5. The highest BCUT2D eigenvalue weighted by Crippen LogP contribution is 2.32. The summed E-state index contributed by atoms with van der Waals surface area (Å²) in [5, 5.41) is 15.8. The van der Waals surface area contributed by atoms with Gasteiger partial charge in [-0.05, 0) is 42.3 Å². The van der Waals surface area contributed by atoms with Crippen LogP contribution in [0.1, 0.15) is 11.1 Å². The van der Waals surface area contributed by atoms with Crippen LogP contribution in [0.25, 0.3) is 17.0 Å². The van der Waals surface area contributed by atoms with Crippen LogP contribution in [0, 0.1) is 6.92 Å². The van der Waals surface area contributed by atoms with Crippen molar-refractivity contribution < 1.29 is 19.0 Å². The Balaban J connectivity index is 1.42. The largest absolute Gasteiger partial charge is 0.497 e. The van der Waals surface area contributed by atoms with E-state index in [-0.39, 0.29) is 12.5 Å². The number of hydrogen-bond donors (Lipinski definition) is 1. The van der Waals surface area contributed by atoms with Crippen molar-refractivity contribution in [3.8, 4) is 28.8 Å². The van der Waals surface area contributed by atoms with Crippen LogP contribution in [0.15, 0.2) is 54.6 Å². The third-order valence-corrected chi connectivity index (χ3v) is 5.17. The molecule has 33 heavy (non-hydrogen) atoms. The Bertz CT molecular complexity index is 1270. The minimum atomic E-state index is -0.0532. The SMILES string of the molecule is COc1ccc(OC)c(-c2nnc3ccc(OCCNC(=O)Cc4ccccc4C)nn23)c1. The van der Waals surface area contributed by atoms with Crippen molar-refractivity contribution >= 4 is 11.6 Å². The van der Waals surface area contributed by atoms with Gasteiger partial charge in [0, 0.05) is 6.07 Å². The molecule has 0 radical (unpaired) electrons. The normalized spacial score (nSPS) is 10.8. The predicted molar refractivity (Wildman–Crippen MR) is 123 cm³/mol. The number of amides is 1. The molecule has 0 atom stereocenters. The molecule has 1 N–H and O–H groups in total. The summed E-state index contributed by atoms with van der Waals surface area (Å²) in [6.07, 6.45) is 0.337. The van der Waals surface area contributed by atoms with Crippen LogP contribution in [-0.4, -0.2) is 53.1 Å². The van der Waals surface area contributed by atoms with Gasteiger partial charge in [0.2, 0.25) is 11.8 Å². The fourth-order valence-corrected chi connectivity index (χ4v) is 3.40. The van der Waals surface area contributed by atoms with E-state index in [0.717, 1.165) is 11.1 Å². The number of fused-ring (bicyclic) bond motifs is 1. The molecule has 0 fully saturated rings. The van der Waals surface area contributed by atoms with Gasteiger partial charge in [-0.2, -0.15) is 4.52 Å². The molecule has 0 aliphatic rings. The molecule has 0 aliphatic heterocycles. The van der Waals surface area contributed by atoms with Crippen LogP contribution in [0.2, 0.25) is 0 Å². The number of nitrogens with one attached hydrogen (secondary N) is 1. The molecule has 0 bridgehead atoms. The zero-order valence-corrected chi connectivity index (χ0v) is 18.7. The van der Waals surface area contributed by atoms with Gasteiger partial charge in [-0.3, -0.25) is 4.79 Å². The Hall–Kier alpha value is -4.14. The van der Waals surface area contributed by atoms with E-state index in [0.29, 0.717) is 47.4 Å². The van der Waals surface area contributed by atoms with Gasteiger partial charge in [0.25, 0.3) is 0 Å². The lowest BCUT2D eigenvalue weighted by Gasteiger charge is -2.10. The highest BCUT2D eigenvalue weighted by Gasteiger charge is 2.16. The first-order valence-electron chi connectivity index (χ1n) is 10.5. The summed E-state index contributed by atoms with van der Waals surface area (Å²) in [5.74, 6) is 2.12. The van der Waals surface area contributed by atoms with Crippen molar-refractivity contribution in [2.24, 2.45) is 0 Å². The molecule has 170 valence electrons. The van der Waals surface area contributed by atoms with Gasteiger partial charge in [0.05, 0.1) is 32.7 Å². The molecule has 0 saturated carbocycles. The molecule has 0 saturated heterocycles. The highest BCUT2D eigenvalue weighted by molar-refractivity contribution is 5.78. The molecule has 2 aromatic carbocycles. The first-order chi connectivity index (χ1) is 16.1. The number of hydrogen-bond acceptors (Lipinski definition) is 7. The standard InChI is InChI=1S/C24H25N5O4/c1-16-6-4-5-7-17(16)14-22(30)25-12-13-33-23-11-10-21-26-27-24(29(21)28-23)19-15-18(31-2)8-9-20(19)32-3/h4-11,15H,12-14H2,1-3H3,(H,25,30). The van der Waals surface area contributed by atoms with Gasteiger partial charge >= 0.3 is 0 Å². The number of methoxy groups -OCH3 is 2. The fourth-order valence-electron chi connectivity index (χ4n) is 3.40. The molecule has 2 heterocycles. The van der Waals surface area contributed by atoms with Crippen LogP contribution in [-0.2, 0) is 11.2 Å². The average Bonchev–Trinajstić information content (AvgIpc) is 3.26. The van der Waals surface area contributed by atoms with Crippen molar-refractivity contribution in [1.82, 2.24) is 25.1 Å². The van der Waals surface area contributed by atoms with Gasteiger partial charge in [-0.25, -0.2) is 0 Å². The van der Waals surface area contributed by atoms with Crippen LogP contribution in [0.4, 0.5) is 0 Å². The third-order valence-electron chi connectivity index (χ3n) is 5.17.